The van der Waals surface area contributed by atoms with Crippen LogP contribution in [0.25, 0.3) is 0 Å². The van der Waals surface area contributed by atoms with Crippen molar-refractivity contribution in [3.63, 3.8) is 0 Å². The van der Waals surface area contributed by atoms with Gasteiger partial charge < -0.3 is 0 Å². The van der Waals surface area contributed by atoms with Crippen LogP contribution in [0.4, 0.5) is 5.69 Å². The normalized spacial score (nSPS) is 14.6. The molecule has 0 fully saturated rings. The van der Waals surface area contributed by atoms with E-state index in [4.69, 9.17) is 11.6 Å². The zero-order valence-electron chi connectivity index (χ0n) is 10.6. The summed E-state index contributed by atoms with van der Waals surface area (Å²) >= 11 is 6.19. The van der Waals surface area contributed by atoms with Crippen molar-refractivity contribution in [1.29, 1.82) is 0 Å². The third-order valence-electron chi connectivity index (χ3n) is 3.02. The Morgan fingerprint density at radius 3 is 2.53 bits per heavy atom. The highest BCUT2D eigenvalue weighted by Gasteiger charge is 2.31. The number of aromatic nitrogens is 2. The average Bonchev–Trinajstić information content (AvgIpc) is 2.64. The molecule has 0 aliphatic carbocycles. The predicted molar refractivity (Wildman–Crippen MR) is 67.6 cm³/mol. The van der Waals surface area contributed by atoms with Gasteiger partial charge in [-0.1, -0.05) is 20.8 Å². The van der Waals surface area contributed by atoms with Gasteiger partial charge in [0.2, 0.25) is 0 Å². The van der Waals surface area contributed by atoms with E-state index in [9.17, 15) is 10.1 Å². The van der Waals surface area contributed by atoms with Gasteiger partial charge in [-0.15, -0.1) is 11.6 Å². The van der Waals surface area contributed by atoms with Crippen LogP contribution in [0.1, 0.15) is 44.5 Å². The first-order valence-electron chi connectivity index (χ1n) is 5.78. The SMILES string of the molecule is CCc1nn(C)c(C(C)C(Cl)CC)c1[N+](=O)[O-]. The van der Waals surface area contributed by atoms with E-state index in [0.29, 0.717) is 17.8 Å². The molecule has 0 saturated heterocycles. The number of halogens is 1. The second-order valence-electron chi connectivity index (χ2n) is 4.13. The Labute approximate surface area is 106 Å². The van der Waals surface area contributed by atoms with Crippen LogP contribution in [-0.2, 0) is 13.5 Å². The Morgan fingerprint density at radius 1 is 1.53 bits per heavy atom. The fourth-order valence-electron chi connectivity index (χ4n) is 2.06. The quantitative estimate of drug-likeness (QED) is 0.464. The highest BCUT2D eigenvalue weighted by Crippen LogP contribution is 2.34. The molecule has 2 unspecified atom stereocenters. The van der Waals surface area contributed by atoms with Crippen molar-refractivity contribution in [2.45, 2.75) is 44.9 Å². The number of hydrogen-bond donors (Lipinski definition) is 0. The monoisotopic (exact) mass is 259 g/mol. The minimum Gasteiger partial charge on any atom is -0.265 e. The Hall–Kier alpha value is -1.10. The molecule has 0 spiro atoms. The topological polar surface area (TPSA) is 61.0 Å². The maximum absolute atomic E-state index is 11.1. The molecule has 0 saturated carbocycles. The Morgan fingerprint density at radius 2 is 2.12 bits per heavy atom. The lowest BCUT2D eigenvalue weighted by Crippen LogP contribution is -2.14. The van der Waals surface area contributed by atoms with Crippen LogP contribution in [0, 0.1) is 10.1 Å². The van der Waals surface area contributed by atoms with E-state index >= 15 is 0 Å². The molecule has 0 aliphatic heterocycles. The summed E-state index contributed by atoms with van der Waals surface area (Å²) in [6.07, 6.45) is 1.32. The van der Waals surface area contributed by atoms with Gasteiger partial charge in [0.1, 0.15) is 11.4 Å². The molecule has 0 aromatic carbocycles. The smallest absolute Gasteiger partial charge is 0.265 e. The number of aryl methyl sites for hydroxylation is 2. The van der Waals surface area contributed by atoms with Crippen molar-refractivity contribution in [3.05, 3.63) is 21.5 Å². The van der Waals surface area contributed by atoms with Gasteiger partial charge in [0.15, 0.2) is 0 Å². The summed E-state index contributed by atoms with van der Waals surface area (Å²) in [4.78, 5) is 10.8. The second-order valence-corrected chi connectivity index (χ2v) is 4.69. The number of nitrogens with zero attached hydrogens (tertiary/aromatic N) is 3. The summed E-state index contributed by atoms with van der Waals surface area (Å²) in [6.45, 7) is 5.74. The van der Waals surface area contributed by atoms with E-state index in [1.807, 2.05) is 20.8 Å². The van der Waals surface area contributed by atoms with E-state index in [1.165, 1.54) is 0 Å². The van der Waals surface area contributed by atoms with Crippen LogP contribution >= 0.6 is 11.6 Å². The molecule has 0 amide bonds. The number of hydrogen-bond acceptors (Lipinski definition) is 3. The van der Waals surface area contributed by atoms with E-state index in [1.54, 1.807) is 11.7 Å². The standard InChI is InChI=1S/C11H18ClN3O2/c1-5-8(12)7(3)10-11(15(16)17)9(6-2)13-14(10)4/h7-8H,5-6H2,1-4H3. The van der Waals surface area contributed by atoms with Gasteiger partial charge in [-0.25, -0.2) is 0 Å². The molecule has 0 bridgehead atoms. The highest BCUT2D eigenvalue weighted by atomic mass is 35.5. The number of rotatable bonds is 5. The third kappa shape index (κ3) is 2.60. The van der Waals surface area contributed by atoms with Gasteiger partial charge in [0.05, 0.1) is 4.92 Å². The maximum Gasteiger partial charge on any atom is 0.313 e. The van der Waals surface area contributed by atoms with Crippen LogP contribution in [-0.4, -0.2) is 20.1 Å². The third-order valence-corrected chi connectivity index (χ3v) is 3.70. The fraction of sp³-hybridized carbons (Fsp3) is 0.727. The van der Waals surface area contributed by atoms with Crippen molar-refractivity contribution in [2.24, 2.45) is 7.05 Å². The van der Waals surface area contributed by atoms with Crippen molar-refractivity contribution >= 4 is 17.3 Å². The molecule has 1 aromatic rings. The van der Waals surface area contributed by atoms with Crippen molar-refractivity contribution < 1.29 is 4.92 Å². The lowest BCUT2D eigenvalue weighted by molar-refractivity contribution is -0.386. The van der Waals surface area contributed by atoms with Crippen LogP contribution in [0.2, 0.25) is 0 Å². The molecule has 2 atom stereocenters. The Kier molecular flexibility index (Phi) is 4.51. The first-order chi connectivity index (χ1) is 7.93. The summed E-state index contributed by atoms with van der Waals surface area (Å²) in [7, 11) is 1.73. The molecule has 0 radical (unpaired) electrons. The highest BCUT2D eigenvalue weighted by molar-refractivity contribution is 6.21. The first kappa shape index (κ1) is 14.0. The van der Waals surface area contributed by atoms with Crippen LogP contribution in [0.15, 0.2) is 0 Å². The number of nitro groups is 1. The van der Waals surface area contributed by atoms with Gasteiger partial charge in [-0.2, -0.15) is 5.10 Å². The zero-order chi connectivity index (χ0) is 13.2. The van der Waals surface area contributed by atoms with Crippen molar-refractivity contribution in [2.75, 3.05) is 0 Å². The molecule has 1 rings (SSSR count). The van der Waals surface area contributed by atoms with Gasteiger partial charge >= 0.3 is 5.69 Å². The lowest BCUT2D eigenvalue weighted by Gasteiger charge is -2.15. The molecule has 5 nitrogen and oxygen atoms in total. The zero-order valence-corrected chi connectivity index (χ0v) is 11.4. The van der Waals surface area contributed by atoms with E-state index in [0.717, 1.165) is 6.42 Å². The molecule has 1 aromatic heterocycles. The molecule has 6 heteroatoms. The largest absolute Gasteiger partial charge is 0.313 e. The van der Waals surface area contributed by atoms with Gasteiger partial charge in [0, 0.05) is 18.3 Å². The van der Waals surface area contributed by atoms with Crippen molar-refractivity contribution in [3.8, 4) is 0 Å². The molecule has 0 N–H and O–H groups in total. The molecule has 1 heterocycles. The number of alkyl halides is 1. The predicted octanol–water partition coefficient (Wildman–Crippen LogP) is 3.01. The molecule has 17 heavy (non-hydrogen) atoms. The van der Waals surface area contributed by atoms with E-state index in [-0.39, 0.29) is 21.9 Å². The first-order valence-corrected chi connectivity index (χ1v) is 6.21. The van der Waals surface area contributed by atoms with Crippen LogP contribution in [0.3, 0.4) is 0 Å². The second kappa shape index (κ2) is 5.49. The maximum atomic E-state index is 11.1. The fourth-order valence-corrected chi connectivity index (χ4v) is 2.17. The Bertz CT molecular complexity index is 417. The molecular weight excluding hydrogens is 242 g/mol. The van der Waals surface area contributed by atoms with Gasteiger partial charge in [-0.3, -0.25) is 14.8 Å². The van der Waals surface area contributed by atoms with Gasteiger partial charge in [-0.05, 0) is 12.8 Å². The Balaban J connectivity index is 3.31. The molecule has 96 valence electrons. The van der Waals surface area contributed by atoms with E-state index < -0.39 is 0 Å². The summed E-state index contributed by atoms with van der Waals surface area (Å²) in [5, 5.41) is 15.2. The minimum atomic E-state index is -0.350. The van der Waals surface area contributed by atoms with Crippen molar-refractivity contribution in [1.82, 2.24) is 9.78 Å². The lowest BCUT2D eigenvalue weighted by atomic mass is 9.99. The molecular formula is C11H18ClN3O2. The van der Waals surface area contributed by atoms with Crippen LogP contribution < -0.4 is 0 Å². The van der Waals surface area contributed by atoms with E-state index in [2.05, 4.69) is 5.10 Å². The summed E-state index contributed by atoms with van der Waals surface area (Å²) in [6, 6.07) is 0. The summed E-state index contributed by atoms with van der Waals surface area (Å²) in [5.41, 5.74) is 1.27. The summed E-state index contributed by atoms with van der Waals surface area (Å²) < 4.78 is 1.59. The average molecular weight is 260 g/mol. The van der Waals surface area contributed by atoms with Gasteiger partial charge in [0.25, 0.3) is 0 Å². The molecule has 0 aliphatic rings. The summed E-state index contributed by atoms with van der Waals surface area (Å²) in [5.74, 6) is -0.0835. The minimum absolute atomic E-state index is 0.0835. The van der Waals surface area contributed by atoms with Crippen LogP contribution in [0.5, 0.6) is 0 Å².